The average Bonchev–Trinajstić information content (AvgIpc) is 3.57. The molecule has 230 valence electrons. The Bertz CT molecular complexity index is 1960. The molecule has 8 nitrogen and oxygen atoms in total. The number of carboxylic acids is 1. The molecule has 1 fully saturated rings. The summed E-state index contributed by atoms with van der Waals surface area (Å²) < 4.78 is 44.3. The van der Waals surface area contributed by atoms with Crippen molar-refractivity contribution in [1.29, 1.82) is 0 Å². The van der Waals surface area contributed by atoms with Crippen LogP contribution >= 0.6 is 11.3 Å². The van der Waals surface area contributed by atoms with E-state index >= 15 is 8.78 Å². The van der Waals surface area contributed by atoms with Crippen molar-refractivity contribution in [2.75, 3.05) is 6.61 Å². The summed E-state index contributed by atoms with van der Waals surface area (Å²) in [5, 5.41) is 10.2. The molecule has 0 radical (unpaired) electrons. The molecule has 1 unspecified atom stereocenters. The third kappa shape index (κ3) is 7.03. The molecule has 1 aliphatic rings. The van der Waals surface area contributed by atoms with Crippen LogP contribution in [0.1, 0.15) is 58.8 Å². The van der Waals surface area contributed by atoms with Gasteiger partial charge in [-0.1, -0.05) is 17.9 Å². The molecule has 0 spiro atoms. The van der Waals surface area contributed by atoms with E-state index in [1.54, 1.807) is 36.5 Å². The second kappa shape index (κ2) is 12.4. The number of imidazole rings is 1. The van der Waals surface area contributed by atoms with E-state index in [0.717, 1.165) is 28.4 Å². The summed E-state index contributed by atoms with van der Waals surface area (Å²) in [5.41, 5.74) is 1.51. The van der Waals surface area contributed by atoms with Crippen LogP contribution in [-0.2, 0) is 24.3 Å². The van der Waals surface area contributed by atoms with Gasteiger partial charge >= 0.3 is 5.97 Å². The van der Waals surface area contributed by atoms with Crippen LogP contribution in [0, 0.1) is 28.9 Å². The Morgan fingerprint density at radius 3 is 2.71 bits per heavy atom. The van der Waals surface area contributed by atoms with Gasteiger partial charge in [0.1, 0.15) is 29.1 Å². The third-order valence-electron chi connectivity index (χ3n) is 7.20. The van der Waals surface area contributed by atoms with Gasteiger partial charge in [-0.2, -0.15) is 0 Å². The van der Waals surface area contributed by atoms with E-state index in [1.165, 1.54) is 17.4 Å². The van der Waals surface area contributed by atoms with Crippen LogP contribution in [-0.4, -0.2) is 43.3 Å². The summed E-state index contributed by atoms with van der Waals surface area (Å²) >= 11 is 1.42. The topological polar surface area (TPSA) is 99.4 Å². The molecule has 1 N–H and O–H groups in total. The lowest BCUT2D eigenvalue weighted by Crippen LogP contribution is -2.31. The van der Waals surface area contributed by atoms with E-state index in [2.05, 4.69) is 26.8 Å². The van der Waals surface area contributed by atoms with Gasteiger partial charge in [0.25, 0.3) is 0 Å². The number of aromatic nitrogens is 4. The van der Waals surface area contributed by atoms with Gasteiger partial charge < -0.3 is 19.1 Å². The molecule has 45 heavy (non-hydrogen) atoms. The number of rotatable bonds is 9. The van der Waals surface area contributed by atoms with E-state index in [-0.39, 0.29) is 52.8 Å². The van der Waals surface area contributed by atoms with Crippen LogP contribution in [0.25, 0.3) is 22.3 Å². The Hall–Kier alpha value is -4.66. The number of nitrogens with zero attached hydrogens (tertiary/aromatic N) is 4. The van der Waals surface area contributed by atoms with Crippen LogP contribution in [0.5, 0.6) is 5.88 Å². The highest BCUT2D eigenvalue weighted by atomic mass is 32.1. The number of carboxylic acid groups (broad SMARTS) is 1. The quantitative estimate of drug-likeness (QED) is 0.178. The van der Waals surface area contributed by atoms with Crippen molar-refractivity contribution in [3.8, 4) is 29.0 Å². The molecule has 2 aromatic carbocycles. The van der Waals surface area contributed by atoms with Gasteiger partial charge in [-0.05, 0) is 69.2 Å². The minimum absolute atomic E-state index is 0.000646. The average molecular weight is 629 g/mol. The minimum Gasteiger partial charge on any atom is -0.478 e. The number of thiazole rings is 1. The maximum absolute atomic E-state index is 15.5. The van der Waals surface area contributed by atoms with Gasteiger partial charge in [0, 0.05) is 30.1 Å². The number of halogens is 2. The first-order chi connectivity index (χ1) is 21.5. The minimum atomic E-state index is -1.06. The summed E-state index contributed by atoms with van der Waals surface area (Å²) in [7, 11) is 0. The number of fused-ring (bicyclic) bond motifs is 1. The molecule has 4 heterocycles. The van der Waals surface area contributed by atoms with Crippen LogP contribution in [0.2, 0.25) is 0 Å². The standard InChI is InChI=1S/C34H30F2N4O4S/c1-34(2,3)11-9-23-17-37-32(45-23)19-44-31-6-4-5-27(39-31)24-16-25(35)21(13-26(24)36)15-30-38-28-8-7-20(33(41)42)14-29(28)40(30)18-22-10-12-43-22/h4-8,13-14,16-17,22H,10,12,15,18-19H2,1-3H3,(H,41,42). The zero-order valence-electron chi connectivity index (χ0n) is 24.9. The molecular formula is C34H30F2N4O4S. The molecule has 5 aromatic rings. The van der Waals surface area contributed by atoms with Crippen molar-refractivity contribution in [3.05, 3.63) is 93.2 Å². The Balaban J connectivity index is 1.22. The first kappa shape index (κ1) is 30.4. The Morgan fingerprint density at radius 1 is 1.16 bits per heavy atom. The lowest BCUT2D eigenvalue weighted by atomic mass is 9.98. The van der Waals surface area contributed by atoms with Crippen molar-refractivity contribution < 1.29 is 28.2 Å². The van der Waals surface area contributed by atoms with Gasteiger partial charge in [0.05, 0.1) is 46.0 Å². The van der Waals surface area contributed by atoms with Crippen LogP contribution < -0.4 is 4.74 Å². The molecule has 0 aliphatic carbocycles. The van der Waals surface area contributed by atoms with Gasteiger partial charge in [0.2, 0.25) is 5.88 Å². The highest BCUT2D eigenvalue weighted by molar-refractivity contribution is 7.12. The van der Waals surface area contributed by atoms with E-state index in [9.17, 15) is 9.90 Å². The summed E-state index contributed by atoms with van der Waals surface area (Å²) in [6.45, 7) is 7.35. The molecule has 3 aromatic heterocycles. The van der Waals surface area contributed by atoms with Gasteiger partial charge in [-0.25, -0.2) is 28.5 Å². The number of pyridine rings is 1. The van der Waals surface area contributed by atoms with E-state index in [0.29, 0.717) is 30.0 Å². The molecule has 1 atom stereocenters. The Labute approximate surface area is 262 Å². The van der Waals surface area contributed by atoms with E-state index < -0.39 is 17.6 Å². The summed E-state index contributed by atoms with van der Waals surface area (Å²) in [4.78, 5) is 25.8. The number of aromatic carboxylic acids is 1. The maximum atomic E-state index is 15.5. The normalized spacial score (nSPS) is 14.6. The predicted octanol–water partition coefficient (Wildman–Crippen LogP) is 6.89. The summed E-state index contributed by atoms with van der Waals surface area (Å²) in [5.74, 6) is 4.72. The molecule has 1 saturated heterocycles. The fourth-order valence-corrected chi connectivity index (χ4v) is 5.52. The van der Waals surface area contributed by atoms with Crippen LogP contribution in [0.4, 0.5) is 8.78 Å². The van der Waals surface area contributed by atoms with Crippen molar-refractivity contribution in [2.45, 2.75) is 52.9 Å². The smallest absolute Gasteiger partial charge is 0.335 e. The Morgan fingerprint density at radius 2 is 1.98 bits per heavy atom. The van der Waals surface area contributed by atoms with Crippen LogP contribution in [0.3, 0.4) is 0 Å². The van der Waals surface area contributed by atoms with E-state index in [4.69, 9.17) is 9.47 Å². The van der Waals surface area contributed by atoms with Crippen molar-refractivity contribution in [2.24, 2.45) is 5.41 Å². The Kier molecular flexibility index (Phi) is 8.36. The molecule has 1 aliphatic heterocycles. The maximum Gasteiger partial charge on any atom is 0.335 e. The third-order valence-corrected chi connectivity index (χ3v) is 8.08. The van der Waals surface area contributed by atoms with Crippen molar-refractivity contribution in [1.82, 2.24) is 19.5 Å². The lowest BCUT2D eigenvalue weighted by Gasteiger charge is -2.27. The number of benzene rings is 2. The van der Waals surface area contributed by atoms with Crippen molar-refractivity contribution >= 4 is 28.3 Å². The number of hydrogen-bond acceptors (Lipinski definition) is 7. The number of ether oxygens (including phenoxy) is 2. The highest BCUT2D eigenvalue weighted by Gasteiger charge is 2.24. The molecule has 0 bridgehead atoms. The largest absolute Gasteiger partial charge is 0.478 e. The zero-order valence-corrected chi connectivity index (χ0v) is 25.8. The molecule has 0 amide bonds. The summed E-state index contributed by atoms with van der Waals surface area (Å²) in [6, 6.07) is 11.8. The second-order valence-corrected chi connectivity index (χ2v) is 12.9. The number of carbonyl (C=O) groups is 1. The van der Waals surface area contributed by atoms with Crippen LogP contribution in [0.15, 0.2) is 54.7 Å². The zero-order chi connectivity index (χ0) is 31.7. The number of hydrogen-bond donors (Lipinski definition) is 1. The first-order valence-corrected chi connectivity index (χ1v) is 15.2. The SMILES string of the molecule is CC(C)(C)C#Cc1cnc(COc2cccc(-c3cc(F)c(Cc4nc5ccc(C(=O)O)cc5n4CC4CCO4)cc3F)n2)s1. The fourth-order valence-electron chi connectivity index (χ4n) is 4.83. The molecule has 0 saturated carbocycles. The van der Waals surface area contributed by atoms with E-state index in [1.807, 2.05) is 25.3 Å². The van der Waals surface area contributed by atoms with Gasteiger partial charge in [-0.3, -0.25) is 0 Å². The second-order valence-electron chi connectivity index (χ2n) is 11.8. The lowest BCUT2D eigenvalue weighted by molar-refractivity contribution is -0.0589. The van der Waals surface area contributed by atoms with Gasteiger partial charge in [-0.15, -0.1) is 11.3 Å². The predicted molar refractivity (Wildman–Crippen MR) is 166 cm³/mol. The first-order valence-electron chi connectivity index (χ1n) is 14.4. The molecule has 6 rings (SSSR count). The van der Waals surface area contributed by atoms with Gasteiger partial charge in [0.15, 0.2) is 0 Å². The highest BCUT2D eigenvalue weighted by Crippen LogP contribution is 2.29. The fraction of sp³-hybridized carbons (Fsp3) is 0.294. The molecule has 11 heteroatoms. The van der Waals surface area contributed by atoms with Crippen molar-refractivity contribution in [3.63, 3.8) is 0 Å². The molecular weight excluding hydrogens is 598 g/mol. The monoisotopic (exact) mass is 628 g/mol. The summed E-state index contributed by atoms with van der Waals surface area (Å²) in [6.07, 6.45) is 2.50.